The number of fused-ring (bicyclic) bond motifs is 1. The summed E-state index contributed by atoms with van der Waals surface area (Å²) in [6, 6.07) is 7.44. The monoisotopic (exact) mass is 510 g/mol. The third kappa shape index (κ3) is 4.78. The summed E-state index contributed by atoms with van der Waals surface area (Å²) in [7, 11) is 1.97. The summed E-state index contributed by atoms with van der Waals surface area (Å²) < 4.78 is 7.56. The first-order valence-electron chi connectivity index (χ1n) is 8.21. The lowest BCUT2D eigenvalue weighted by atomic mass is 10.2. The number of halogens is 3. The summed E-state index contributed by atoms with van der Waals surface area (Å²) >= 11 is 13.3. The number of aryl methyl sites for hydroxylation is 1. The molecule has 0 aliphatic rings. The number of aromatic nitrogens is 2. The first-order chi connectivity index (χ1) is 12.9. The van der Waals surface area contributed by atoms with Crippen molar-refractivity contribution in [1.29, 1.82) is 0 Å². The third-order valence-electron chi connectivity index (χ3n) is 3.89. The van der Waals surface area contributed by atoms with Gasteiger partial charge in [-0.05, 0) is 63.9 Å². The van der Waals surface area contributed by atoms with E-state index in [0.717, 1.165) is 33.3 Å². The molecule has 0 radical (unpaired) electrons. The van der Waals surface area contributed by atoms with Gasteiger partial charge in [0.05, 0.1) is 32.7 Å². The summed E-state index contributed by atoms with van der Waals surface area (Å²) in [6.07, 6.45) is 3.50. The molecule has 0 saturated carbocycles. The molecule has 0 aliphatic heterocycles. The van der Waals surface area contributed by atoms with Crippen molar-refractivity contribution < 1.29 is 4.74 Å². The Hall–Kier alpha value is -1.70. The van der Waals surface area contributed by atoms with Crippen molar-refractivity contribution in [3.8, 4) is 11.6 Å². The number of benzene rings is 1. The highest BCUT2D eigenvalue weighted by molar-refractivity contribution is 9.10. The van der Waals surface area contributed by atoms with E-state index in [4.69, 9.17) is 16.3 Å². The highest BCUT2D eigenvalue weighted by atomic mass is 79.9. The largest absolute Gasteiger partial charge is 0.438 e. The molecule has 140 valence electrons. The van der Waals surface area contributed by atoms with E-state index in [1.54, 1.807) is 18.6 Å². The van der Waals surface area contributed by atoms with Gasteiger partial charge in [-0.2, -0.15) is 0 Å². The molecule has 0 amide bonds. The van der Waals surface area contributed by atoms with Crippen LogP contribution < -0.4 is 4.74 Å². The van der Waals surface area contributed by atoms with Gasteiger partial charge in [0.1, 0.15) is 5.75 Å². The molecule has 0 aliphatic carbocycles. The van der Waals surface area contributed by atoms with Gasteiger partial charge in [0.15, 0.2) is 0 Å². The molecule has 0 saturated heterocycles. The molecule has 0 fully saturated rings. The van der Waals surface area contributed by atoms with Crippen molar-refractivity contribution in [2.45, 2.75) is 13.8 Å². The lowest BCUT2D eigenvalue weighted by Gasteiger charge is -2.12. The first-order valence-corrected chi connectivity index (χ1v) is 10.2. The fourth-order valence-electron chi connectivity index (χ4n) is 2.32. The molecule has 1 aromatic carbocycles. The third-order valence-corrected chi connectivity index (χ3v) is 5.18. The Morgan fingerprint density at radius 3 is 2.78 bits per heavy atom. The van der Waals surface area contributed by atoms with Crippen LogP contribution in [0.25, 0.3) is 10.9 Å². The van der Waals surface area contributed by atoms with Crippen LogP contribution >= 0.6 is 43.5 Å². The number of aliphatic imine (C=N–C) groups is 1. The van der Waals surface area contributed by atoms with Gasteiger partial charge in [-0.1, -0.05) is 11.6 Å². The number of hydrogen-bond acceptors (Lipinski definition) is 4. The molecular formula is C19H17Br2ClN4O. The van der Waals surface area contributed by atoms with Gasteiger partial charge in [-0.25, -0.2) is 9.98 Å². The Balaban J connectivity index is 1.93. The van der Waals surface area contributed by atoms with Crippen LogP contribution in [0.4, 0.5) is 5.69 Å². The van der Waals surface area contributed by atoms with Crippen LogP contribution in [0.15, 0.2) is 44.4 Å². The Morgan fingerprint density at radius 1 is 1.26 bits per heavy atom. The SMILES string of the molecule is CCN(C)/C=N/c1cc(Br)c(Oc2cc(Cl)c3ncc(Br)cc3c2)nc1C. The Morgan fingerprint density at radius 2 is 2.04 bits per heavy atom. The highest BCUT2D eigenvalue weighted by Crippen LogP contribution is 2.35. The summed E-state index contributed by atoms with van der Waals surface area (Å²) in [5, 5.41) is 1.40. The topological polar surface area (TPSA) is 50.6 Å². The van der Waals surface area contributed by atoms with E-state index in [0.29, 0.717) is 21.1 Å². The van der Waals surface area contributed by atoms with Crippen molar-refractivity contribution in [1.82, 2.24) is 14.9 Å². The zero-order chi connectivity index (χ0) is 19.6. The molecule has 3 rings (SSSR count). The molecule has 3 aromatic rings. The van der Waals surface area contributed by atoms with E-state index in [-0.39, 0.29) is 0 Å². The Labute approximate surface area is 179 Å². The number of nitrogens with zero attached hydrogens (tertiary/aromatic N) is 4. The van der Waals surface area contributed by atoms with Crippen LogP contribution in [0.1, 0.15) is 12.6 Å². The minimum absolute atomic E-state index is 0.452. The van der Waals surface area contributed by atoms with Gasteiger partial charge in [-0.15, -0.1) is 0 Å². The molecule has 8 heteroatoms. The number of ether oxygens (including phenoxy) is 1. The number of hydrogen-bond donors (Lipinski definition) is 0. The summed E-state index contributed by atoms with van der Waals surface area (Å²) in [6.45, 7) is 4.84. The lowest BCUT2D eigenvalue weighted by molar-refractivity contribution is 0.459. The van der Waals surface area contributed by atoms with Crippen LogP contribution in [-0.2, 0) is 0 Å². The molecule has 0 N–H and O–H groups in total. The molecule has 0 atom stereocenters. The van der Waals surface area contributed by atoms with E-state index >= 15 is 0 Å². The number of rotatable bonds is 5. The minimum Gasteiger partial charge on any atom is -0.438 e. The number of pyridine rings is 2. The predicted octanol–water partition coefficient (Wildman–Crippen LogP) is 6.52. The quantitative estimate of drug-likeness (QED) is 0.288. The second kappa shape index (κ2) is 8.54. The standard InChI is InChI=1S/C19H17Br2ClN4O/c1-4-26(3)10-24-17-8-15(21)19(25-11(17)2)27-14-6-12-5-13(20)9-23-18(12)16(22)7-14/h5-10H,4H2,1-3H3/b24-10+. The van der Waals surface area contributed by atoms with Crippen LogP contribution in [0.3, 0.4) is 0 Å². The van der Waals surface area contributed by atoms with E-state index < -0.39 is 0 Å². The van der Waals surface area contributed by atoms with Gasteiger partial charge in [0, 0.05) is 35.7 Å². The van der Waals surface area contributed by atoms with Gasteiger partial charge in [0.25, 0.3) is 0 Å². The zero-order valence-electron chi connectivity index (χ0n) is 15.0. The Bertz CT molecular complexity index is 1030. The van der Waals surface area contributed by atoms with E-state index in [2.05, 4.69) is 53.7 Å². The minimum atomic E-state index is 0.452. The molecule has 0 bridgehead atoms. The van der Waals surface area contributed by atoms with Crippen molar-refractivity contribution in [3.05, 3.63) is 50.1 Å². The average molecular weight is 513 g/mol. The maximum atomic E-state index is 6.35. The summed E-state index contributed by atoms with van der Waals surface area (Å²) in [5.41, 5.74) is 2.27. The van der Waals surface area contributed by atoms with Crippen molar-refractivity contribution in [2.24, 2.45) is 4.99 Å². The molecule has 0 unspecified atom stereocenters. The zero-order valence-corrected chi connectivity index (χ0v) is 18.9. The first kappa shape index (κ1) is 20.0. The molecule has 2 aromatic heterocycles. The summed E-state index contributed by atoms with van der Waals surface area (Å²) in [5.74, 6) is 1.04. The maximum absolute atomic E-state index is 6.35. The molecule has 0 spiro atoms. The van der Waals surface area contributed by atoms with Crippen LogP contribution in [-0.4, -0.2) is 34.8 Å². The fraction of sp³-hybridized carbons (Fsp3) is 0.211. The van der Waals surface area contributed by atoms with Crippen LogP contribution in [0, 0.1) is 6.92 Å². The van der Waals surface area contributed by atoms with Crippen LogP contribution in [0.2, 0.25) is 5.02 Å². The normalized spacial score (nSPS) is 11.3. The van der Waals surface area contributed by atoms with Crippen molar-refractivity contribution >= 4 is 66.4 Å². The van der Waals surface area contributed by atoms with Crippen molar-refractivity contribution in [2.75, 3.05) is 13.6 Å². The predicted molar refractivity (Wildman–Crippen MR) is 118 cm³/mol. The van der Waals surface area contributed by atoms with Gasteiger partial charge in [-0.3, -0.25) is 4.98 Å². The van der Waals surface area contributed by atoms with E-state index in [9.17, 15) is 0 Å². The molecule has 2 heterocycles. The van der Waals surface area contributed by atoms with Gasteiger partial charge < -0.3 is 9.64 Å². The maximum Gasteiger partial charge on any atom is 0.233 e. The summed E-state index contributed by atoms with van der Waals surface area (Å²) in [4.78, 5) is 15.3. The van der Waals surface area contributed by atoms with Gasteiger partial charge >= 0.3 is 0 Å². The lowest BCUT2D eigenvalue weighted by Crippen LogP contribution is -2.14. The second-order valence-corrected chi connectivity index (χ2v) is 8.11. The Kier molecular flexibility index (Phi) is 6.34. The second-order valence-electron chi connectivity index (χ2n) is 5.93. The molecule has 27 heavy (non-hydrogen) atoms. The van der Waals surface area contributed by atoms with E-state index in [1.807, 2.05) is 37.1 Å². The average Bonchev–Trinajstić information content (AvgIpc) is 2.62. The van der Waals surface area contributed by atoms with Gasteiger partial charge in [0.2, 0.25) is 5.88 Å². The smallest absolute Gasteiger partial charge is 0.233 e. The molecular weight excluding hydrogens is 495 g/mol. The fourth-order valence-corrected chi connectivity index (χ4v) is 3.32. The van der Waals surface area contributed by atoms with Crippen LogP contribution in [0.5, 0.6) is 11.6 Å². The molecule has 5 nitrogen and oxygen atoms in total. The van der Waals surface area contributed by atoms with Crippen molar-refractivity contribution in [3.63, 3.8) is 0 Å². The highest BCUT2D eigenvalue weighted by Gasteiger charge is 2.12. The van der Waals surface area contributed by atoms with E-state index in [1.165, 1.54) is 0 Å².